The fourth-order valence-corrected chi connectivity index (χ4v) is 4.56. The largest absolute Gasteiger partial charge is 0.320 e. The minimum absolute atomic E-state index is 0.245. The molecule has 6 heteroatoms. The molecule has 1 fully saturated rings. The zero-order valence-corrected chi connectivity index (χ0v) is 13.0. The summed E-state index contributed by atoms with van der Waals surface area (Å²) in [5, 5.41) is 7.08. The first-order valence-corrected chi connectivity index (χ1v) is 9.34. The Kier molecular flexibility index (Phi) is 5.38. The van der Waals surface area contributed by atoms with E-state index >= 15 is 0 Å². The maximum Gasteiger partial charge on any atom is 0.214 e. The van der Waals surface area contributed by atoms with Crippen LogP contribution in [0.4, 0.5) is 0 Å². The first-order valence-electron chi connectivity index (χ1n) is 6.78. The molecule has 1 saturated carbocycles. The van der Waals surface area contributed by atoms with Crippen LogP contribution in [0.3, 0.4) is 0 Å². The standard InChI is InChI=1S/C13H22N2O2S2/c1-14-7-2-3-9-19(16,17)15(13-4-5-13)10-12-6-8-18-11-12/h6,8,11,13-14H,2-5,7,9-10H2,1H3. The van der Waals surface area contributed by atoms with Gasteiger partial charge in [-0.2, -0.15) is 15.6 Å². The second-order valence-corrected chi connectivity index (χ2v) is 7.86. The Morgan fingerprint density at radius 1 is 1.42 bits per heavy atom. The van der Waals surface area contributed by atoms with Crippen molar-refractivity contribution in [3.8, 4) is 0 Å². The van der Waals surface area contributed by atoms with Crippen molar-refractivity contribution in [3.63, 3.8) is 0 Å². The van der Waals surface area contributed by atoms with E-state index in [9.17, 15) is 8.42 Å². The second kappa shape index (κ2) is 6.83. The summed E-state index contributed by atoms with van der Waals surface area (Å²) >= 11 is 1.62. The third-order valence-electron chi connectivity index (χ3n) is 3.31. The van der Waals surface area contributed by atoms with E-state index in [1.54, 1.807) is 15.6 Å². The fourth-order valence-electron chi connectivity index (χ4n) is 2.08. The number of hydrogen-bond donors (Lipinski definition) is 1. The molecule has 1 aliphatic carbocycles. The van der Waals surface area contributed by atoms with E-state index in [0.717, 1.165) is 37.8 Å². The normalized spacial score (nSPS) is 16.1. The third-order valence-corrected chi connectivity index (χ3v) is 5.99. The molecule has 0 spiro atoms. The molecule has 1 aromatic heterocycles. The van der Waals surface area contributed by atoms with Crippen molar-refractivity contribution in [2.24, 2.45) is 0 Å². The Labute approximate surface area is 119 Å². The topological polar surface area (TPSA) is 49.4 Å². The molecular weight excluding hydrogens is 280 g/mol. The van der Waals surface area contributed by atoms with Crippen LogP contribution >= 0.6 is 11.3 Å². The highest BCUT2D eigenvalue weighted by Gasteiger charge is 2.36. The lowest BCUT2D eigenvalue weighted by molar-refractivity contribution is 0.398. The summed E-state index contributed by atoms with van der Waals surface area (Å²) in [7, 11) is -1.22. The molecule has 2 rings (SSSR count). The number of unbranched alkanes of at least 4 members (excludes halogenated alkanes) is 1. The SMILES string of the molecule is CNCCCCS(=O)(=O)N(Cc1ccsc1)C1CC1. The molecule has 0 atom stereocenters. The van der Waals surface area contributed by atoms with Crippen LogP contribution < -0.4 is 5.32 Å². The van der Waals surface area contributed by atoms with Crippen LogP contribution in [0.25, 0.3) is 0 Å². The van der Waals surface area contributed by atoms with Crippen LogP contribution in [-0.2, 0) is 16.6 Å². The third kappa shape index (κ3) is 4.56. The molecule has 1 N–H and O–H groups in total. The van der Waals surface area contributed by atoms with Crippen molar-refractivity contribution in [1.82, 2.24) is 9.62 Å². The molecule has 19 heavy (non-hydrogen) atoms. The Morgan fingerprint density at radius 2 is 2.21 bits per heavy atom. The average Bonchev–Trinajstić information content (AvgIpc) is 3.08. The number of thiophene rings is 1. The molecule has 0 unspecified atom stereocenters. The summed E-state index contributed by atoms with van der Waals surface area (Å²) in [6.07, 6.45) is 3.67. The molecular formula is C13H22N2O2S2. The summed E-state index contributed by atoms with van der Waals surface area (Å²) in [6.45, 7) is 1.42. The van der Waals surface area contributed by atoms with E-state index in [4.69, 9.17) is 0 Å². The van der Waals surface area contributed by atoms with Crippen molar-refractivity contribution in [1.29, 1.82) is 0 Å². The summed E-state index contributed by atoms with van der Waals surface area (Å²) in [6, 6.07) is 2.26. The first-order chi connectivity index (χ1) is 9.13. The van der Waals surface area contributed by atoms with E-state index in [-0.39, 0.29) is 11.8 Å². The van der Waals surface area contributed by atoms with Gasteiger partial charge in [-0.25, -0.2) is 8.42 Å². The van der Waals surface area contributed by atoms with E-state index in [0.29, 0.717) is 6.54 Å². The van der Waals surface area contributed by atoms with Crippen molar-refractivity contribution < 1.29 is 8.42 Å². The maximum absolute atomic E-state index is 12.4. The lowest BCUT2D eigenvalue weighted by Gasteiger charge is -2.21. The Hall–Kier alpha value is -0.430. The summed E-state index contributed by atoms with van der Waals surface area (Å²) in [5.74, 6) is 0.273. The molecule has 1 aliphatic rings. The molecule has 108 valence electrons. The Balaban J connectivity index is 1.93. The smallest absolute Gasteiger partial charge is 0.214 e. The van der Waals surface area contributed by atoms with Gasteiger partial charge in [0.2, 0.25) is 10.0 Å². The lowest BCUT2D eigenvalue weighted by atomic mass is 10.3. The summed E-state index contributed by atoms with van der Waals surface area (Å²) in [4.78, 5) is 0. The minimum Gasteiger partial charge on any atom is -0.320 e. The fraction of sp³-hybridized carbons (Fsp3) is 0.692. The first kappa shape index (κ1) is 15.0. The van der Waals surface area contributed by atoms with Crippen molar-refractivity contribution >= 4 is 21.4 Å². The number of hydrogen-bond acceptors (Lipinski definition) is 4. The summed E-state index contributed by atoms with van der Waals surface area (Å²) < 4.78 is 26.5. The predicted octanol–water partition coefficient (Wildman–Crippen LogP) is 2.04. The lowest BCUT2D eigenvalue weighted by Crippen LogP contribution is -2.34. The minimum atomic E-state index is -3.11. The van der Waals surface area contributed by atoms with E-state index < -0.39 is 10.0 Å². The van der Waals surface area contributed by atoms with Gasteiger partial charge in [0.1, 0.15) is 0 Å². The second-order valence-electron chi connectivity index (χ2n) is 5.03. The van der Waals surface area contributed by atoms with Crippen molar-refractivity contribution in [2.45, 2.75) is 38.3 Å². The van der Waals surface area contributed by atoms with E-state index in [2.05, 4.69) is 5.32 Å². The van der Waals surface area contributed by atoms with Crippen LogP contribution in [0, 0.1) is 0 Å². The van der Waals surface area contributed by atoms with Crippen LogP contribution in [0.1, 0.15) is 31.2 Å². The van der Waals surface area contributed by atoms with Crippen LogP contribution in [0.5, 0.6) is 0 Å². The van der Waals surface area contributed by atoms with Gasteiger partial charge in [0, 0.05) is 12.6 Å². The maximum atomic E-state index is 12.4. The van der Waals surface area contributed by atoms with Crippen molar-refractivity contribution in [2.75, 3.05) is 19.3 Å². The number of nitrogens with zero attached hydrogens (tertiary/aromatic N) is 1. The molecule has 0 radical (unpaired) electrons. The Bertz CT molecular complexity index is 467. The van der Waals surface area contributed by atoms with E-state index in [1.807, 2.05) is 23.9 Å². The molecule has 0 aliphatic heterocycles. The van der Waals surface area contributed by atoms with Gasteiger partial charge >= 0.3 is 0 Å². The van der Waals surface area contributed by atoms with Gasteiger partial charge in [0.05, 0.1) is 5.75 Å². The monoisotopic (exact) mass is 302 g/mol. The van der Waals surface area contributed by atoms with E-state index in [1.165, 1.54) is 0 Å². The molecule has 0 saturated heterocycles. The Morgan fingerprint density at radius 3 is 2.79 bits per heavy atom. The van der Waals surface area contributed by atoms with Gasteiger partial charge in [0.15, 0.2) is 0 Å². The van der Waals surface area contributed by atoms with Crippen molar-refractivity contribution in [3.05, 3.63) is 22.4 Å². The zero-order chi connectivity index (χ0) is 13.7. The average molecular weight is 302 g/mol. The van der Waals surface area contributed by atoms with Gasteiger partial charge in [-0.1, -0.05) is 0 Å². The molecule has 0 amide bonds. The zero-order valence-electron chi connectivity index (χ0n) is 11.3. The highest BCUT2D eigenvalue weighted by molar-refractivity contribution is 7.89. The van der Waals surface area contributed by atoms with Gasteiger partial charge in [-0.15, -0.1) is 0 Å². The molecule has 0 bridgehead atoms. The highest BCUT2D eigenvalue weighted by atomic mass is 32.2. The van der Waals surface area contributed by atoms with Crippen LogP contribution in [0.2, 0.25) is 0 Å². The number of rotatable bonds is 9. The number of nitrogens with one attached hydrogen (secondary N) is 1. The summed E-state index contributed by atoms with van der Waals surface area (Å²) in [5.41, 5.74) is 1.11. The predicted molar refractivity (Wildman–Crippen MR) is 79.8 cm³/mol. The van der Waals surface area contributed by atoms with Gasteiger partial charge < -0.3 is 5.32 Å². The van der Waals surface area contributed by atoms with Gasteiger partial charge in [-0.3, -0.25) is 0 Å². The van der Waals surface area contributed by atoms with Crippen LogP contribution in [0.15, 0.2) is 16.8 Å². The quantitative estimate of drug-likeness (QED) is 0.710. The molecule has 1 aromatic rings. The molecule has 1 heterocycles. The molecule has 0 aromatic carbocycles. The highest BCUT2D eigenvalue weighted by Crippen LogP contribution is 2.31. The molecule has 4 nitrogen and oxygen atoms in total. The van der Waals surface area contributed by atoms with Gasteiger partial charge in [-0.05, 0) is 61.7 Å². The van der Waals surface area contributed by atoms with Gasteiger partial charge in [0.25, 0.3) is 0 Å². The van der Waals surface area contributed by atoms with Crippen LogP contribution in [-0.4, -0.2) is 38.1 Å². The number of sulfonamides is 1.